The van der Waals surface area contributed by atoms with Gasteiger partial charge in [-0.2, -0.15) is 13.2 Å². The predicted molar refractivity (Wildman–Crippen MR) is 61.9 cm³/mol. The standard InChI is InChI=1S/C11H7BrF3NO/c1-16-5-7(11(13,14)15)6-3-2-4-8(12)9(6)10(16)17/h2-5H,1H3. The van der Waals surface area contributed by atoms with Gasteiger partial charge in [-0.05, 0) is 22.0 Å². The van der Waals surface area contributed by atoms with Crippen LogP contribution < -0.4 is 5.56 Å². The average Bonchev–Trinajstić information content (AvgIpc) is 2.21. The summed E-state index contributed by atoms with van der Waals surface area (Å²) in [6.07, 6.45) is -3.67. The number of nitrogens with zero attached hydrogens (tertiary/aromatic N) is 1. The van der Waals surface area contributed by atoms with Crippen LogP contribution in [0.2, 0.25) is 0 Å². The molecular weight excluding hydrogens is 299 g/mol. The Morgan fingerprint density at radius 2 is 1.94 bits per heavy atom. The Morgan fingerprint density at radius 1 is 1.29 bits per heavy atom. The van der Waals surface area contributed by atoms with E-state index in [1.807, 2.05) is 0 Å². The zero-order valence-corrected chi connectivity index (χ0v) is 10.3. The topological polar surface area (TPSA) is 22.0 Å². The molecule has 1 aromatic carbocycles. The number of hydrogen-bond acceptors (Lipinski definition) is 1. The van der Waals surface area contributed by atoms with Gasteiger partial charge in [0.1, 0.15) is 0 Å². The predicted octanol–water partition coefficient (Wildman–Crippen LogP) is 3.32. The van der Waals surface area contributed by atoms with Crippen LogP contribution in [0.3, 0.4) is 0 Å². The normalized spacial score (nSPS) is 12.1. The molecule has 0 atom stereocenters. The average molecular weight is 306 g/mol. The van der Waals surface area contributed by atoms with Crippen LogP contribution in [0, 0.1) is 0 Å². The molecular formula is C11H7BrF3NO. The smallest absolute Gasteiger partial charge is 0.317 e. The van der Waals surface area contributed by atoms with Gasteiger partial charge in [-0.3, -0.25) is 4.79 Å². The van der Waals surface area contributed by atoms with Crippen molar-refractivity contribution in [3.05, 3.63) is 44.8 Å². The molecule has 0 aliphatic heterocycles. The highest BCUT2D eigenvalue weighted by Crippen LogP contribution is 2.35. The number of aromatic nitrogens is 1. The van der Waals surface area contributed by atoms with Crippen molar-refractivity contribution in [3.63, 3.8) is 0 Å². The maximum absolute atomic E-state index is 12.8. The van der Waals surface area contributed by atoms with Crippen LogP contribution in [0.1, 0.15) is 5.56 Å². The molecule has 0 saturated heterocycles. The fourth-order valence-corrected chi connectivity index (χ4v) is 2.23. The Balaban J connectivity index is 3.03. The van der Waals surface area contributed by atoms with Gasteiger partial charge < -0.3 is 4.57 Å². The highest BCUT2D eigenvalue weighted by molar-refractivity contribution is 9.10. The van der Waals surface area contributed by atoms with Gasteiger partial charge in [-0.15, -0.1) is 0 Å². The van der Waals surface area contributed by atoms with Gasteiger partial charge in [0.25, 0.3) is 5.56 Å². The highest BCUT2D eigenvalue weighted by Gasteiger charge is 2.33. The van der Waals surface area contributed by atoms with Crippen molar-refractivity contribution < 1.29 is 13.2 Å². The quantitative estimate of drug-likeness (QED) is 0.732. The molecule has 0 amide bonds. The second-order valence-corrected chi connectivity index (χ2v) is 4.47. The number of alkyl halides is 3. The van der Waals surface area contributed by atoms with Crippen molar-refractivity contribution in [2.24, 2.45) is 7.05 Å². The van der Waals surface area contributed by atoms with Gasteiger partial charge in [0.05, 0.1) is 10.9 Å². The number of pyridine rings is 1. The fourth-order valence-electron chi connectivity index (χ4n) is 1.69. The second-order valence-electron chi connectivity index (χ2n) is 3.62. The molecule has 1 heterocycles. The SMILES string of the molecule is Cn1cc(C(F)(F)F)c2cccc(Br)c2c1=O. The third-order valence-electron chi connectivity index (χ3n) is 2.47. The van der Waals surface area contributed by atoms with Crippen LogP contribution in [0.4, 0.5) is 13.2 Å². The largest absolute Gasteiger partial charge is 0.418 e. The van der Waals surface area contributed by atoms with Crippen molar-refractivity contribution in [3.8, 4) is 0 Å². The maximum Gasteiger partial charge on any atom is 0.418 e. The number of rotatable bonds is 0. The zero-order valence-electron chi connectivity index (χ0n) is 8.68. The van der Waals surface area contributed by atoms with Gasteiger partial charge >= 0.3 is 6.18 Å². The summed E-state index contributed by atoms with van der Waals surface area (Å²) in [5, 5.41) is -0.0419. The lowest BCUT2D eigenvalue weighted by Gasteiger charge is -2.12. The summed E-state index contributed by atoms with van der Waals surface area (Å²) in [6, 6.07) is 4.31. The van der Waals surface area contributed by atoms with Gasteiger partial charge in [-0.25, -0.2) is 0 Å². The highest BCUT2D eigenvalue weighted by atomic mass is 79.9. The van der Waals surface area contributed by atoms with E-state index >= 15 is 0 Å². The number of benzene rings is 1. The first-order valence-electron chi connectivity index (χ1n) is 4.67. The monoisotopic (exact) mass is 305 g/mol. The third-order valence-corrected chi connectivity index (χ3v) is 3.13. The van der Waals surface area contributed by atoms with E-state index in [0.29, 0.717) is 4.47 Å². The molecule has 0 saturated carbocycles. The molecule has 0 radical (unpaired) electrons. The van der Waals surface area contributed by atoms with E-state index in [0.717, 1.165) is 10.8 Å². The fraction of sp³-hybridized carbons (Fsp3) is 0.182. The first-order valence-corrected chi connectivity index (χ1v) is 5.46. The lowest BCUT2D eigenvalue weighted by Crippen LogP contribution is -2.20. The molecule has 2 rings (SSSR count). The summed E-state index contributed by atoms with van der Waals surface area (Å²) in [4.78, 5) is 11.8. The number of aryl methyl sites for hydroxylation is 1. The molecule has 17 heavy (non-hydrogen) atoms. The Morgan fingerprint density at radius 3 is 2.53 bits per heavy atom. The summed E-state index contributed by atoms with van der Waals surface area (Å²) in [6.45, 7) is 0. The molecule has 0 spiro atoms. The van der Waals surface area contributed by atoms with Gasteiger partial charge in [0, 0.05) is 23.1 Å². The summed E-state index contributed by atoms with van der Waals surface area (Å²) < 4.78 is 39.8. The minimum atomic E-state index is -4.48. The minimum Gasteiger partial charge on any atom is -0.317 e. The molecule has 0 aliphatic carbocycles. The van der Waals surface area contributed by atoms with E-state index in [2.05, 4.69) is 15.9 Å². The van der Waals surface area contributed by atoms with Gasteiger partial charge in [-0.1, -0.05) is 12.1 Å². The summed E-state index contributed by atoms with van der Waals surface area (Å²) >= 11 is 3.10. The Labute approximate surface area is 103 Å². The Hall–Kier alpha value is -1.30. The zero-order chi connectivity index (χ0) is 12.8. The molecule has 6 heteroatoms. The lowest BCUT2D eigenvalue weighted by molar-refractivity contribution is -0.136. The number of hydrogen-bond donors (Lipinski definition) is 0. The molecule has 2 nitrogen and oxygen atoms in total. The van der Waals surface area contributed by atoms with E-state index in [4.69, 9.17) is 0 Å². The maximum atomic E-state index is 12.8. The lowest BCUT2D eigenvalue weighted by atomic mass is 10.1. The van der Waals surface area contributed by atoms with Crippen LogP contribution in [0.5, 0.6) is 0 Å². The molecule has 0 fully saturated rings. The second kappa shape index (κ2) is 3.87. The van der Waals surface area contributed by atoms with Crippen LogP contribution in [-0.2, 0) is 13.2 Å². The molecule has 0 N–H and O–H groups in total. The van der Waals surface area contributed by atoms with Crippen LogP contribution >= 0.6 is 15.9 Å². The van der Waals surface area contributed by atoms with E-state index in [1.165, 1.54) is 19.2 Å². The first kappa shape index (κ1) is 12.2. The van der Waals surface area contributed by atoms with Crippen molar-refractivity contribution in [1.29, 1.82) is 0 Å². The van der Waals surface area contributed by atoms with Crippen molar-refractivity contribution in [2.75, 3.05) is 0 Å². The van der Waals surface area contributed by atoms with Crippen LogP contribution in [-0.4, -0.2) is 4.57 Å². The molecule has 1 aromatic heterocycles. The van der Waals surface area contributed by atoms with E-state index in [-0.39, 0.29) is 10.8 Å². The van der Waals surface area contributed by atoms with Gasteiger partial charge in [0.15, 0.2) is 0 Å². The minimum absolute atomic E-state index is 0.0461. The summed E-state index contributed by atoms with van der Waals surface area (Å²) in [5.74, 6) is 0. The Kier molecular flexibility index (Phi) is 2.77. The summed E-state index contributed by atoms with van der Waals surface area (Å²) in [7, 11) is 1.30. The van der Waals surface area contributed by atoms with E-state index < -0.39 is 17.3 Å². The summed E-state index contributed by atoms with van der Waals surface area (Å²) in [5.41, 5.74) is -1.27. The van der Waals surface area contributed by atoms with Crippen molar-refractivity contribution in [2.45, 2.75) is 6.18 Å². The van der Waals surface area contributed by atoms with Gasteiger partial charge in [0.2, 0.25) is 0 Å². The van der Waals surface area contributed by atoms with Crippen molar-refractivity contribution in [1.82, 2.24) is 4.57 Å². The van der Waals surface area contributed by atoms with E-state index in [1.54, 1.807) is 6.07 Å². The van der Waals surface area contributed by atoms with Crippen LogP contribution in [0.15, 0.2) is 33.7 Å². The van der Waals surface area contributed by atoms with Crippen molar-refractivity contribution >= 4 is 26.7 Å². The molecule has 90 valence electrons. The molecule has 2 aromatic rings. The third kappa shape index (κ3) is 1.97. The molecule has 0 bridgehead atoms. The first-order chi connectivity index (χ1) is 7.82. The molecule has 0 aliphatic rings. The van der Waals surface area contributed by atoms with E-state index in [9.17, 15) is 18.0 Å². The number of fused-ring (bicyclic) bond motifs is 1. The van der Waals surface area contributed by atoms with Crippen LogP contribution in [0.25, 0.3) is 10.8 Å². The molecule has 0 unspecified atom stereocenters. The number of halogens is 4. The Bertz CT molecular complexity index is 645.